The Bertz CT molecular complexity index is 650. The van der Waals surface area contributed by atoms with Gasteiger partial charge in [-0.25, -0.2) is 13.2 Å². The highest BCUT2D eigenvalue weighted by molar-refractivity contribution is 7.89. The molecule has 2 amide bonds. The average molecular weight is 314 g/mol. The van der Waals surface area contributed by atoms with Gasteiger partial charge in [0, 0.05) is 38.3 Å². The first-order valence-corrected chi connectivity index (χ1v) is 7.55. The van der Waals surface area contributed by atoms with Crippen LogP contribution in [-0.4, -0.2) is 54.8 Å². The zero-order valence-corrected chi connectivity index (χ0v) is 11.8. The fraction of sp³-hybridized carbons (Fsp3) is 0.364. The van der Waals surface area contributed by atoms with E-state index in [2.05, 4.69) is 0 Å². The van der Waals surface area contributed by atoms with Gasteiger partial charge in [0.1, 0.15) is 0 Å². The Morgan fingerprint density at radius 1 is 1.14 bits per heavy atom. The number of non-ortho nitro benzene ring substituents is 1. The fourth-order valence-electron chi connectivity index (χ4n) is 2.04. The van der Waals surface area contributed by atoms with Gasteiger partial charge < -0.3 is 10.6 Å². The third kappa shape index (κ3) is 3.11. The molecule has 1 aromatic carbocycles. The van der Waals surface area contributed by atoms with Crippen molar-refractivity contribution in [2.45, 2.75) is 4.90 Å². The quantitative estimate of drug-likeness (QED) is 0.619. The first-order valence-electron chi connectivity index (χ1n) is 6.11. The minimum atomic E-state index is -3.72. The Morgan fingerprint density at radius 3 is 2.10 bits per heavy atom. The summed E-state index contributed by atoms with van der Waals surface area (Å²) in [6, 6.07) is 4.11. The van der Waals surface area contributed by atoms with Crippen LogP contribution in [0.25, 0.3) is 0 Å². The number of nitrogens with zero attached hydrogens (tertiary/aromatic N) is 3. The van der Waals surface area contributed by atoms with Gasteiger partial charge in [-0.1, -0.05) is 0 Å². The molecule has 0 spiro atoms. The molecule has 0 unspecified atom stereocenters. The number of piperazine rings is 1. The molecule has 1 heterocycles. The Balaban J connectivity index is 2.15. The van der Waals surface area contributed by atoms with Gasteiger partial charge in [-0.3, -0.25) is 10.1 Å². The summed E-state index contributed by atoms with van der Waals surface area (Å²) >= 11 is 0. The van der Waals surface area contributed by atoms with E-state index in [1.807, 2.05) is 0 Å². The number of nitro groups is 1. The number of urea groups is 1. The van der Waals surface area contributed by atoms with Gasteiger partial charge in [0.25, 0.3) is 5.69 Å². The molecule has 1 fully saturated rings. The summed E-state index contributed by atoms with van der Waals surface area (Å²) in [5.74, 6) is 0. The number of carbonyl (C=O) groups excluding carboxylic acids is 1. The second-order valence-corrected chi connectivity index (χ2v) is 6.42. The molecule has 0 bridgehead atoms. The number of primary amides is 1. The molecular weight excluding hydrogens is 300 g/mol. The van der Waals surface area contributed by atoms with Gasteiger partial charge in [-0.15, -0.1) is 0 Å². The van der Waals surface area contributed by atoms with Crippen molar-refractivity contribution < 1.29 is 18.1 Å². The Labute approximate surface area is 121 Å². The molecule has 1 saturated heterocycles. The maximum atomic E-state index is 12.4. The maximum Gasteiger partial charge on any atom is 0.314 e. The summed E-state index contributed by atoms with van der Waals surface area (Å²) in [6.45, 7) is 0.730. The molecule has 10 heteroatoms. The van der Waals surface area contributed by atoms with Gasteiger partial charge >= 0.3 is 6.03 Å². The second-order valence-electron chi connectivity index (χ2n) is 4.48. The van der Waals surface area contributed by atoms with Crippen LogP contribution in [0.3, 0.4) is 0 Å². The lowest BCUT2D eigenvalue weighted by molar-refractivity contribution is -0.384. The van der Waals surface area contributed by atoms with E-state index < -0.39 is 21.0 Å². The number of carbonyl (C=O) groups is 1. The normalized spacial score (nSPS) is 16.7. The summed E-state index contributed by atoms with van der Waals surface area (Å²) in [6.07, 6.45) is 0. The summed E-state index contributed by atoms with van der Waals surface area (Å²) < 4.78 is 26.0. The minimum Gasteiger partial charge on any atom is -0.351 e. The first-order chi connectivity index (χ1) is 9.82. The van der Waals surface area contributed by atoms with Crippen LogP contribution in [0.5, 0.6) is 0 Å². The number of sulfonamides is 1. The van der Waals surface area contributed by atoms with Crippen molar-refractivity contribution in [2.75, 3.05) is 26.2 Å². The third-order valence-corrected chi connectivity index (χ3v) is 5.15. The van der Waals surface area contributed by atoms with Crippen LogP contribution < -0.4 is 5.73 Å². The Kier molecular flexibility index (Phi) is 4.09. The predicted molar refractivity (Wildman–Crippen MR) is 73.0 cm³/mol. The molecule has 0 aliphatic carbocycles. The summed E-state index contributed by atoms with van der Waals surface area (Å²) in [4.78, 5) is 22.3. The molecule has 2 rings (SSSR count). The van der Waals surface area contributed by atoms with Crippen LogP contribution in [0.15, 0.2) is 29.2 Å². The van der Waals surface area contributed by atoms with Crippen molar-refractivity contribution in [3.05, 3.63) is 34.4 Å². The van der Waals surface area contributed by atoms with Crippen LogP contribution in [0.1, 0.15) is 0 Å². The van der Waals surface area contributed by atoms with E-state index in [-0.39, 0.29) is 36.8 Å². The molecule has 0 saturated carbocycles. The van der Waals surface area contributed by atoms with Crippen LogP contribution in [-0.2, 0) is 10.0 Å². The van der Waals surface area contributed by atoms with Crippen molar-refractivity contribution in [3.63, 3.8) is 0 Å². The summed E-state index contributed by atoms with van der Waals surface area (Å²) in [5.41, 5.74) is 4.96. The molecule has 1 aromatic rings. The van der Waals surface area contributed by atoms with Crippen molar-refractivity contribution in [1.29, 1.82) is 0 Å². The Morgan fingerprint density at radius 2 is 1.67 bits per heavy atom. The Hall–Kier alpha value is -2.20. The summed E-state index contributed by atoms with van der Waals surface area (Å²) in [7, 11) is -3.72. The third-order valence-electron chi connectivity index (χ3n) is 3.24. The van der Waals surface area contributed by atoms with E-state index in [1.165, 1.54) is 21.3 Å². The first kappa shape index (κ1) is 15.2. The number of amides is 2. The van der Waals surface area contributed by atoms with Gasteiger partial charge in [0.05, 0.1) is 9.82 Å². The molecule has 1 aliphatic rings. The predicted octanol–water partition coefficient (Wildman–Crippen LogP) is -0.0202. The second kappa shape index (κ2) is 5.66. The van der Waals surface area contributed by atoms with E-state index >= 15 is 0 Å². The largest absolute Gasteiger partial charge is 0.351 e. The van der Waals surface area contributed by atoms with Gasteiger partial charge in [-0.2, -0.15) is 4.31 Å². The lowest BCUT2D eigenvalue weighted by Gasteiger charge is -2.32. The topological polar surface area (TPSA) is 127 Å². The standard InChI is InChI=1S/C11H14N4O5S/c12-11(16)13-5-7-14(8-6-13)21(19,20)10-3-1-9(2-4-10)15(17)18/h1-4H,5-8H2,(H2,12,16). The smallest absolute Gasteiger partial charge is 0.314 e. The molecule has 0 radical (unpaired) electrons. The minimum absolute atomic E-state index is 0.0133. The number of rotatable bonds is 3. The molecule has 0 aromatic heterocycles. The zero-order valence-electron chi connectivity index (χ0n) is 11.0. The van der Waals surface area contributed by atoms with Crippen molar-refractivity contribution >= 4 is 21.7 Å². The van der Waals surface area contributed by atoms with Gasteiger partial charge in [0.2, 0.25) is 10.0 Å². The van der Waals surface area contributed by atoms with Crippen LogP contribution >= 0.6 is 0 Å². The van der Waals surface area contributed by atoms with E-state index in [0.29, 0.717) is 0 Å². The van der Waals surface area contributed by atoms with Crippen LogP contribution in [0.4, 0.5) is 10.5 Å². The van der Waals surface area contributed by atoms with Crippen molar-refractivity contribution in [3.8, 4) is 0 Å². The maximum absolute atomic E-state index is 12.4. The number of hydrogen-bond acceptors (Lipinski definition) is 5. The monoisotopic (exact) mass is 314 g/mol. The summed E-state index contributed by atoms with van der Waals surface area (Å²) in [5, 5.41) is 10.6. The highest BCUT2D eigenvalue weighted by Gasteiger charge is 2.29. The average Bonchev–Trinajstić information content (AvgIpc) is 2.47. The van der Waals surface area contributed by atoms with E-state index in [4.69, 9.17) is 5.73 Å². The zero-order chi connectivity index (χ0) is 15.6. The molecule has 9 nitrogen and oxygen atoms in total. The lowest BCUT2D eigenvalue weighted by Crippen LogP contribution is -2.51. The van der Waals surface area contributed by atoms with E-state index in [9.17, 15) is 23.3 Å². The SMILES string of the molecule is NC(=O)N1CCN(S(=O)(=O)c2ccc([N+](=O)[O-])cc2)CC1. The molecule has 0 atom stereocenters. The van der Waals surface area contributed by atoms with E-state index in [1.54, 1.807) is 0 Å². The molecule has 2 N–H and O–H groups in total. The highest BCUT2D eigenvalue weighted by atomic mass is 32.2. The lowest BCUT2D eigenvalue weighted by atomic mass is 10.3. The van der Waals surface area contributed by atoms with Gasteiger partial charge in [-0.05, 0) is 12.1 Å². The molecule has 21 heavy (non-hydrogen) atoms. The fourth-order valence-corrected chi connectivity index (χ4v) is 3.46. The number of benzene rings is 1. The number of hydrogen-bond donors (Lipinski definition) is 1. The van der Waals surface area contributed by atoms with Crippen molar-refractivity contribution in [1.82, 2.24) is 9.21 Å². The molecule has 1 aliphatic heterocycles. The van der Waals surface area contributed by atoms with E-state index in [0.717, 1.165) is 12.1 Å². The molecular formula is C11H14N4O5S. The van der Waals surface area contributed by atoms with Crippen molar-refractivity contribution in [2.24, 2.45) is 5.73 Å². The van der Waals surface area contributed by atoms with Crippen LogP contribution in [0.2, 0.25) is 0 Å². The van der Waals surface area contributed by atoms with Crippen LogP contribution in [0, 0.1) is 10.1 Å². The number of nitro benzene ring substituents is 1. The van der Waals surface area contributed by atoms with Gasteiger partial charge in [0.15, 0.2) is 0 Å². The molecule has 114 valence electrons. The highest BCUT2D eigenvalue weighted by Crippen LogP contribution is 2.20. The number of nitrogens with two attached hydrogens (primary N) is 1.